The lowest BCUT2D eigenvalue weighted by molar-refractivity contribution is -0.127. The average Bonchev–Trinajstić information content (AvgIpc) is 2.72. The van der Waals surface area contributed by atoms with Gasteiger partial charge in [0.05, 0.1) is 12.7 Å². The van der Waals surface area contributed by atoms with E-state index in [0.29, 0.717) is 24.8 Å². The van der Waals surface area contributed by atoms with Crippen molar-refractivity contribution < 1.29 is 4.79 Å². The number of carbonyl (C=O) groups is 1. The topological polar surface area (TPSA) is 62.2 Å². The van der Waals surface area contributed by atoms with Crippen molar-refractivity contribution in [3.05, 3.63) is 17.2 Å². The Balaban J connectivity index is 2.07. The number of halogens is 1. The van der Waals surface area contributed by atoms with Gasteiger partial charge >= 0.3 is 0 Å². The third kappa shape index (κ3) is 3.26. The highest BCUT2D eigenvalue weighted by Gasteiger charge is 2.29. The van der Waals surface area contributed by atoms with Crippen LogP contribution >= 0.6 is 11.6 Å². The normalized spacial score (nSPS) is 20.5. The average molecular weight is 286 g/mol. The Morgan fingerprint density at radius 2 is 2.47 bits per heavy atom. The van der Waals surface area contributed by atoms with Crippen LogP contribution in [-0.4, -0.2) is 52.6 Å². The minimum absolute atomic E-state index is 0.0648. The zero-order valence-corrected chi connectivity index (χ0v) is 12.1. The first-order valence-corrected chi connectivity index (χ1v) is 6.89. The molecule has 1 aliphatic rings. The van der Waals surface area contributed by atoms with Crippen LogP contribution < -0.4 is 10.6 Å². The highest BCUT2D eigenvalue weighted by atomic mass is 35.5. The predicted molar refractivity (Wildman–Crippen MR) is 74.0 cm³/mol. The minimum atomic E-state index is -0.149. The third-order valence-corrected chi connectivity index (χ3v) is 3.73. The van der Waals surface area contributed by atoms with Gasteiger partial charge in [-0.2, -0.15) is 0 Å². The van der Waals surface area contributed by atoms with Crippen LogP contribution in [0.25, 0.3) is 0 Å². The SMILES string of the molecule is CCNC(=O)C1CNCCN1Cc1ncc(Cl)n1C. The summed E-state index contributed by atoms with van der Waals surface area (Å²) in [5.74, 6) is 0.941. The molecule has 0 radical (unpaired) electrons. The molecule has 0 bridgehead atoms. The number of hydrogen-bond acceptors (Lipinski definition) is 4. The second-order valence-corrected chi connectivity index (χ2v) is 5.03. The van der Waals surface area contributed by atoms with E-state index in [1.807, 2.05) is 18.5 Å². The number of piperazine rings is 1. The molecule has 2 heterocycles. The van der Waals surface area contributed by atoms with Gasteiger partial charge in [-0.25, -0.2) is 4.98 Å². The summed E-state index contributed by atoms with van der Waals surface area (Å²) in [6, 6.07) is -0.149. The maximum atomic E-state index is 12.0. The number of rotatable bonds is 4. The van der Waals surface area contributed by atoms with Crippen LogP contribution in [0.3, 0.4) is 0 Å². The summed E-state index contributed by atoms with van der Waals surface area (Å²) in [7, 11) is 1.88. The van der Waals surface area contributed by atoms with E-state index in [2.05, 4.69) is 20.5 Å². The van der Waals surface area contributed by atoms with Crippen LogP contribution in [0.15, 0.2) is 6.20 Å². The lowest BCUT2D eigenvalue weighted by Crippen LogP contribution is -2.57. The van der Waals surface area contributed by atoms with E-state index in [9.17, 15) is 4.79 Å². The van der Waals surface area contributed by atoms with Crippen LogP contribution in [0.4, 0.5) is 0 Å². The van der Waals surface area contributed by atoms with E-state index >= 15 is 0 Å². The first-order chi connectivity index (χ1) is 9.13. The fourth-order valence-electron chi connectivity index (χ4n) is 2.24. The zero-order valence-electron chi connectivity index (χ0n) is 11.3. The summed E-state index contributed by atoms with van der Waals surface area (Å²) >= 11 is 5.99. The Morgan fingerprint density at radius 1 is 1.68 bits per heavy atom. The van der Waals surface area contributed by atoms with Crippen molar-refractivity contribution in [2.75, 3.05) is 26.2 Å². The monoisotopic (exact) mass is 285 g/mol. The van der Waals surface area contributed by atoms with Gasteiger partial charge in [-0.15, -0.1) is 0 Å². The summed E-state index contributed by atoms with van der Waals surface area (Å²) in [4.78, 5) is 18.5. The molecule has 19 heavy (non-hydrogen) atoms. The molecule has 0 aliphatic carbocycles. The maximum Gasteiger partial charge on any atom is 0.238 e. The molecule has 1 aliphatic heterocycles. The molecule has 0 spiro atoms. The quantitative estimate of drug-likeness (QED) is 0.816. The molecule has 2 N–H and O–H groups in total. The van der Waals surface area contributed by atoms with E-state index in [1.54, 1.807) is 6.20 Å². The lowest BCUT2D eigenvalue weighted by Gasteiger charge is -2.34. The fourth-order valence-corrected chi connectivity index (χ4v) is 2.39. The Morgan fingerprint density at radius 3 is 3.11 bits per heavy atom. The summed E-state index contributed by atoms with van der Waals surface area (Å²) in [5.41, 5.74) is 0. The first-order valence-electron chi connectivity index (χ1n) is 6.52. The number of hydrogen-bond donors (Lipinski definition) is 2. The number of imidazole rings is 1. The number of carbonyl (C=O) groups excluding carboxylic acids is 1. The van der Waals surface area contributed by atoms with E-state index in [4.69, 9.17) is 11.6 Å². The predicted octanol–water partition coefficient (Wildman–Crippen LogP) is -0.0166. The molecular formula is C12H20ClN5O. The molecular weight excluding hydrogens is 266 g/mol. The van der Waals surface area contributed by atoms with Crippen LogP contribution in [0, 0.1) is 0 Å². The van der Waals surface area contributed by atoms with Gasteiger partial charge in [-0.1, -0.05) is 11.6 Å². The zero-order chi connectivity index (χ0) is 13.8. The Labute approximate surface area is 118 Å². The Kier molecular flexibility index (Phi) is 4.79. The van der Waals surface area contributed by atoms with Gasteiger partial charge in [-0.05, 0) is 6.92 Å². The van der Waals surface area contributed by atoms with Gasteiger partial charge in [0.15, 0.2) is 0 Å². The number of aromatic nitrogens is 2. The molecule has 6 nitrogen and oxygen atoms in total. The third-order valence-electron chi connectivity index (χ3n) is 3.38. The molecule has 1 atom stereocenters. The van der Waals surface area contributed by atoms with Crippen LogP contribution in [0.1, 0.15) is 12.7 Å². The van der Waals surface area contributed by atoms with Crippen molar-refractivity contribution in [3.8, 4) is 0 Å². The standard InChI is InChI=1S/C12H20ClN5O/c1-3-15-12(19)9-6-14-4-5-18(9)8-11-16-7-10(13)17(11)2/h7,9,14H,3-6,8H2,1-2H3,(H,15,19). The highest BCUT2D eigenvalue weighted by Crippen LogP contribution is 2.13. The maximum absolute atomic E-state index is 12.0. The van der Waals surface area contributed by atoms with Gasteiger partial charge < -0.3 is 15.2 Å². The van der Waals surface area contributed by atoms with Crippen molar-refractivity contribution >= 4 is 17.5 Å². The van der Waals surface area contributed by atoms with E-state index in [1.165, 1.54) is 0 Å². The number of nitrogens with zero attached hydrogens (tertiary/aromatic N) is 3. The van der Waals surface area contributed by atoms with Crippen LogP contribution in [0.2, 0.25) is 5.15 Å². The molecule has 0 saturated carbocycles. The van der Waals surface area contributed by atoms with Crippen molar-refractivity contribution in [1.29, 1.82) is 0 Å². The van der Waals surface area contributed by atoms with Gasteiger partial charge in [-0.3, -0.25) is 9.69 Å². The van der Waals surface area contributed by atoms with Crippen LogP contribution in [0.5, 0.6) is 0 Å². The van der Waals surface area contributed by atoms with E-state index in [0.717, 1.165) is 18.9 Å². The fraction of sp³-hybridized carbons (Fsp3) is 0.667. The van der Waals surface area contributed by atoms with Gasteiger partial charge in [0.25, 0.3) is 0 Å². The van der Waals surface area contributed by atoms with Crippen molar-refractivity contribution in [1.82, 2.24) is 25.1 Å². The molecule has 1 aromatic rings. The minimum Gasteiger partial charge on any atom is -0.355 e. The van der Waals surface area contributed by atoms with Gasteiger partial charge in [0, 0.05) is 33.2 Å². The molecule has 0 aromatic carbocycles. The molecule has 1 fully saturated rings. The van der Waals surface area contributed by atoms with E-state index < -0.39 is 0 Å². The Hall–Kier alpha value is -1.11. The van der Waals surface area contributed by atoms with Crippen molar-refractivity contribution in [2.45, 2.75) is 19.5 Å². The molecule has 1 unspecified atom stereocenters. The largest absolute Gasteiger partial charge is 0.355 e. The van der Waals surface area contributed by atoms with Crippen molar-refractivity contribution in [3.63, 3.8) is 0 Å². The number of nitrogens with one attached hydrogen (secondary N) is 2. The number of likely N-dealkylation sites (N-methyl/N-ethyl adjacent to an activating group) is 1. The first kappa shape index (κ1) is 14.3. The second-order valence-electron chi connectivity index (χ2n) is 4.64. The molecule has 106 valence electrons. The van der Waals surface area contributed by atoms with Crippen molar-refractivity contribution in [2.24, 2.45) is 7.05 Å². The molecule has 1 saturated heterocycles. The smallest absolute Gasteiger partial charge is 0.238 e. The van der Waals surface area contributed by atoms with Gasteiger partial charge in [0.2, 0.25) is 5.91 Å². The summed E-state index contributed by atoms with van der Waals surface area (Å²) in [5, 5.41) is 6.74. The second kappa shape index (κ2) is 6.36. The summed E-state index contributed by atoms with van der Waals surface area (Å²) in [6.07, 6.45) is 1.64. The summed E-state index contributed by atoms with van der Waals surface area (Å²) in [6.45, 7) is 5.59. The number of amides is 1. The molecule has 7 heteroatoms. The van der Waals surface area contributed by atoms with Gasteiger partial charge in [0.1, 0.15) is 17.0 Å². The van der Waals surface area contributed by atoms with E-state index in [-0.39, 0.29) is 11.9 Å². The molecule has 1 amide bonds. The van der Waals surface area contributed by atoms with Crippen LogP contribution in [-0.2, 0) is 18.4 Å². The molecule has 1 aromatic heterocycles. The molecule has 2 rings (SSSR count). The summed E-state index contributed by atoms with van der Waals surface area (Å²) < 4.78 is 1.85. The lowest BCUT2D eigenvalue weighted by atomic mass is 10.1. The highest BCUT2D eigenvalue weighted by molar-refractivity contribution is 6.29. The Bertz CT molecular complexity index is 447.